The third kappa shape index (κ3) is 2.90. The summed E-state index contributed by atoms with van der Waals surface area (Å²) in [7, 11) is 3.71. The molecule has 1 saturated carbocycles. The van der Waals surface area contributed by atoms with Crippen molar-refractivity contribution < 1.29 is 4.79 Å². The molecular weight excluding hydrogens is 286 g/mol. The van der Waals surface area contributed by atoms with Gasteiger partial charge in [0, 0.05) is 37.9 Å². The van der Waals surface area contributed by atoms with Crippen molar-refractivity contribution in [2.24, 2.45) is 5.41 Å². The van der Waals surface area contributed by atoms with Crippen molar-refractivity contribution in [3.63, 3.8) is 0 Å². The van der Waals surface area contributed by atoms with Gasteiger partial charge in [-0.1, -0.05) is 31.0 Å². The van der Waals surface area contributed by atoms with Gasteiger partial charge in [-0.2, -0.15) is 0 Å². The van der Waals surface area contributed by atoms with Crippen LogP contribution >= 0.6 is 0 Å². The number of anilines is 1. The highest BCUT2D eigenvalue weighted by Crippen LogP contribution is 2.40. The van der Waals surface area contributed by atoms with Gasteiger partial charge in [-0.25, -0.2) is 0 Å². The summed E-state index contributed by atoms with van der Waals surface area (Å²) in [5.74, 6) is 0.247. The Labute approximate surface area is 137 Å². The molecule has 3 rings (SSSR count). The van der Waals surface area contributed by atoms with Crippen LogP contribution in [-0.4, -0.2) is 36.4 Å². The van der Waals surface area contributed by atoms with Crippen molar-refractivity contribution in [3.05, 3.63) is 36.0 Å². The van der Waals surface area contributed by atoms with Gasteiger partial charge in [0.2, 0.25) is 5.91 Å². The van der Waals surface area contributed by atoms with Crippen molar-refractivity contribution in [2.75, 3.05) is 26.0 Å². The Morgan fingerprint density at radius 1 is 1.26 bits per heavy atom. The fraction of sp³-hybridized carbons (Fsp3) is 0.474. The topological polar surface area (TPSA) is 45.2 Å². The van der Waals surface area contributed by atoms with Crippen LogP contribution in [0.25, 0.3) is 10.9 Å². The second-order valence-electron chi connectivity index (χ2n) is 6.87. The Balaban J connectivity index is 1.88. The smallest absolute Gasteiger partial charge is 0.230 e. The van der Waals surface area contributed by atoms with Gasteiger partial charge >= 0.3 is 0 Å². The van der Waals surface area contributed by atoms with E-state index in [4.69, 9.17) is 0 Å². The van der Waals surface area contributed by atoms with Gasteiger partial charge in [0.25, 0.3) is 0 Å². The number of carbonyl (C=O) groups excluding carboxylic acids is 1. The lowest BCUT2D eigenvalue weighted by molar-refractivity contribution is -0.138. The van der Waals surface area contributed by atoms with Crippen LogP contribution in [0.5, 0.6) is 0 Å². The number of amides is 1. The van der Waals surface area contributed by atoms with Crippen LogP contribution in [0.1, 0.15) is 31.2 Å². The maximum absolute atomic E-state index is 12.7. The maximum atomic E-state index is 12.7. The van der Waals surface area contributed by atoms with Crippen LogP contribution in [-0.2, 0) is 4.79 Å². The summed E-state index contributed by atoms with van der Waals surface area (Å²) >= 11 is 0. The van der Waals surface area contributed by atoms with E-state index in [2.05, 4.69) is 35.4 Å². The average molecular weight is 311 g/mol. The van der Waals surface area contributed by atoms with Crippen molar-refractivity contribution in [3.8, 4) is 0 Å². The predicted octanol–water partition coefficient (Wildman–Crippen LogP) is 3.60. The summed E-state index contributed by atoms with van der Waals surface area (Å²) in [6.45, 7) is 2.77. The molecule has 1 fully saturated rings. The zero-order valence-corrected chi connectivity index (χ0v) is 14.2. The Hall–Kier alpha value is -2.10. The summed E-state index contributed by atoms with van der Waals surface area (Å²) in [4.78, 5) is 18.9. The van der Waals surface area contributed by atoms with Crippen LogP contribution in [0, 0.1) is 12.3 Å². The summed E-state index contributed by atoms with van der Waals surface area (Å²) in [5.41, 5.74) is 3.00. The molecule has 1 N–H and O–H groups in total. The molecule has 0 saturated heterocycles. The van der Waals surface area contributed by atoms with E-state index in [0.717, 1.165) is 42.3 Å². The first-order valence-electron chi connectivity index (χ1n) is 8.33. The van der Waals surface area contributed by atoms with Gasteiger partial charge in [0.15, 0.2) is 0 Å². The highest BCUT2D eigenvalue weighted by molar-refractivity contribution is 5.93. The predicted molar refractivity (Wildman–Crippen MR) is 94.6 cm³/mol. The van der Waals surface area contributed by atoms with Gasteiger partial charge in [-0.05, 0) is 31.4 Å². The molecule has 0 bridgehead atoms. The first-order chi connectivity index (χ1) is 11.0. The van der Waals surface area contributed by atoms with Crippen molar-refractivity contribution in [1.29, 1.82) is 0 Å². The molecule has 1 amide bonds. The minimum Gasteiger partial charge on any atom is -0.383 e. The van der Waals surface area contributed by atoms with Crippen LogP contribution in [0.4, 0.5) is 5.69 Å². The minimum atomic E-state index is -0.261. The largest absolute Gasteiger partial charge is 0.383 e. The lowest BCUT2D eigenvalue weighted by atomic mass is 9.84. The summed E-state index contributed by atoms with van der Waals surface area (Å²) < 4.78 is 0. The van der Waals surface area contributed by atoms with Crippen molar-refractivity contribution >= 4 is 22.5 Å². The van der Waals surface area contributed by atoms with E-state index >= 15 is 0 Å². The molecule has 122 valence electrons. The molecule has 1 heterocycles. The lowest BCUT2D eigenvalue weighted by Gasteiger charge is -2.31. The molecule has 4 nitrogen and oxygen atoms in total. The normalized spacial score (nSPS) is 16.5. The summed E-state index contributed by atoms with van der Waals surface area (Å²) in [5, 5.41) is 4.67. The summed E-state index contributed by atoms with van der Waals surface area (Å²) in [6.07, 6.45) is 6.06. The molecule has 1 aromatic heterocycles. The number of hydrogen-bond acceptors (Lipinski definition) is 3. The van der Waals surface area contributed by atoms with Gasteiger partial charge in [0.1, 0.15) is 0 Å². The zero-order chi connectivity index (χ0) is 16.4. The molecule has 0 unspecified atom stereocenters. The summed E-state index contributed by atoms with van der Waals surface area (Å²) in [6, 6.07) is 8.23. The van der Waals surface area contributed by atoms with Gasteiger partial charge in [-0.15, -0.1) is 0 Å². The quantitative estimate of drug-likeness (QED) is 0.938. The van der Waals surface area contributed by atoms with Crippen molar-refractivity contribution in [2.45, 2.75) is 32.6 Å². The number of para-hydroxylation sites is 1. The van der Waals surface area contributed by atoms with E-state index in [1.54, 1.807) is 4.90 Å². The van der Waals surface area contributed by atoms with E-state index in [-0.39, 0.29) is 11.3 Å². The molecule has 0 atom stereocenters. The van der Waals surface area contributed by atoms with E-state index in [0.29, 0.717) is 6.54 Å². The Morgan fingerprint density at radius 3 is 2.70 bits per heavy atom. The molecular formula is C19H25N3O. The third-order valence-electron chi connectivity index (χ3n) is 5.01. The maximum Gasteiger partial charge on any atom is 0.230 e. The Morgan fingerprint density at radius 2 is 2.00 bits per heavy atom. The van der Waals surface area contributed by atoms with Gasteiger partial charge < -0.3 is 10.2 Å². The van der Waals surface area contributed by atoms with Crippen LogP contribution in [0.15, 0.2) is 30.5 Å². The van der Waals surface area contributed by atoms with E-state index < -0.39 is 0 Å². The molecule has 4 heteroatoms. The first kappa shape index (κ1) is 15.8. The first-order valence-corrected chi connectivity index (χ1v) is 8.33. The number of fused-ring (bicyclic) bond motifs is 1. The second kappa shape index (κ2) is 6.19. The zero-order valence-electron chi connectivity index (χ0n) is 14.2. The fourth-order valence-electron chi connectivity index (χ4n) is 3.73. The van der Waals surface area contributed by atoms with Crippen LogP contribution < -0.4 is 5.32 Å². The third-order valence-corrected chi connectivity index (χ3v) is 5.01. The van der Waals surface area contributed by atoms with Gasteiger partial charge in [-0.3, -0.25) is 9.78 Å². The minimum absolute atomic E-state index is 0.247. The number of carbonyl (C=O) groups is 1. The Kier molecular flexibility index (Phi) is 4.24. The van der Waals surface area contributed by atoms with Crippen molar-refractivity contribution in [1.82, 2.24) is 9.88 Å². The standard InChI is InChI=1S/C19H25N3O/c1-14-7-6-8-15-16(9-12-20-17(14)15)21-13-19(10-4-5-11-19)18(23)22(2)3/h6-9,12H,4-5,10-11,13H2,1-3H3,(H,20,21). The van der Waals surface area contributed by atoms with E-state index in [9.17, 15) is 4.79 Å². The number of benzene rings is 1. The number of aromatic nitrogens is 1. The second-order valence-corrected chi connectivity index (χ2v) is 6.87. The molecule has 23 heavy (non-hydrogen) atoms. The number of nitrogens with zero attached hydrogens (tertiary/aromatic N) is 2. The average Bonchev–Trinajstić information content (AvgIpc) is 3.02. The molecule has 1 aromatic carbocycles. The SMILES string of the molecule is Cc1cccc2c(NCC3(C(=O)N(C)C)CCCC3)ccnc12. The molecule has 0 spiro atoms. The van der Waals surface area contributed by atoms with E-state index in [1.165, 1.54) is 5.56 Å². The highest BCUT2D eigenvalue weighted by atomic mass is 16.2. The fourth-order valence-corrected chi connectivity index (χ4v) is 3.73. The van der Waals surface area contributed by atoms with Crippen LogP contribution in [0.3, 0.4) is 0 Å². The number of aryl methyl sites for hydroxylation is 1. The number of rotatable bonds is 4. The molecule has 0 radical (unpaired) electrons. The molecule has 1 aliphatic carbocycles. The number of pyridine rings is 1. The molecule has 1 aliphatic rings. The Bertz CT molecular complexity index is 718. The number of hydrogen-bond donors (Lipinski definition) is 1. The highest BCUT2D eigenvalue weighted by Gasteiger charge is 2.41. The molecule has 0 aliphatic heterocycles. The van der Waals surface area contributed by atoms with E-state index in [1.807, 2.05) is 26.4 Å². The van der Waals surface area contributed by atoms with Gasteiger partial charge in [0.05, 0.1) is 10.9 Å². The lowest BCUT2D eigenvalue weighted by Crippen LogP contribution is -2.43. The van der Waals surface area contributed by atoms with Crippen LogP contribution in [0.2, 0.25) is 0 Å². The monoisotopic (exact) mass is 311 g/mol. The molecule has 2 aromatic rings. The number of nitrogens with one attached hydrogen (secondary N) is 1.